The summed E-state index contributed by atoms with van der Waals surface area (Å²) in [5.74, 6) is 0.0107. The molecule has 0 spiro atoms. The van der Waals surface area contributed by atoms with Crippen molar-refractivity contribution in [1.29, 1.82) is 0 Å². The van der Waals surface area contributed by atoms with Gasteiger partial charge in [-0.25, -0.2) is 9.97 Å². The lowest BCUT2D eigenvalue weighted by Crippen LogP contribution is -2.28. The summed E-state index contributed by atoms with van der Waals surface area (Å²) in [5, 5.41) is 4.97. The minimum Gasteiger partial charge on any atom is -0.354 e. The minimum atomic E-state index is 0. The van der Waals surface area contributed by atoms with E-state index in [-0.39, 0.29) is 18.3 Å². The zero-order valence-corrected chi connectivity index (χ0v) is 17.4. The molecule has 146 valence electrons. The molecule has 0 aliphatic carbocycles. The normalized spacial score (nSPS) is 13.5. The molecule has 28 heavy (non-hydrogen) atoms. The largest absolute Gasteiger partial charge is 0.354 e. The summed E-state index contributed by atoms with van der Waals surface area (Å²) in [6.45, 7) is 5.51. The molecule has 0 bridgehead atoms. The van der Waals surface area contributed by atoms with E-state index in [2.05, 4.69) is 15.3 Å². The highest BCUT2D eigenvalue weighted by atomic mass is 35.5. The van der Waals surface area contributed by atoms with Crippen LogP contribution in [0.2, 0.25) is 5.02 Å². The van der Waals surface area contributed by atoms with Crippen molar-refractivity contribution in [3.05, 3.63) is 58.4 Å². The average Bonchev–Trinajstić information content (AvgIpc) is 3.18. The van der Waals surface area contributed by atoms with Crippen LogP contribution in [0, 0.1) is 13.8 Å². The van der Waals surface area contributed by atoms with Gasteiger partial charge in [-0.15, -0.1) is 12.4 Å². The highest BCUT2D eigenvalue weighted by Gasteiger charge is 2.24. The first-order valence-corrected chi connectivity index (χ1v) is 9.49. The number of aromatic nitrogens is 2. The summed E-state index contributed by atoms with van der Waals surface area (Å²) >= 11 is 6.09. The molecule has 1 N–H and O–H groups in total. The fourth-order valence-corrected chi connectivity index (χ4v) is 3.69. The van der Waals surface area contributed by atoms with Gasteiger partial charge in [0.05, 0.1) is 11.3 Å². The van der Waals surface area contributed by atoms with Gasteiger partial charge in [-0.2, -0.15) is 0 Å². The van der Waals surface area contributed by atoms with E-state index in [4.69, 9.17) is 11.6 Å². The quantitative estimate of drug-likeness (QED) is 0.628. The molecule has 4 rings (SSSR count). The minimum absolute atomic E-state index is 0. The van der Waals surface area contributed by atoms with Crippen LogP contribution in [0.25, 0.3) is 11.0 Å². The summed E-state index contributed by atoms with van der Waals surface area (Å²) < 4.78 is 0. The second-order valence-corrected chi connectivity index (χ2v) is 7.39. The Morgan fingerprint density at radius 1 is 1.14 bits per heavy atom. The molecule has 1 fully saturated rings. The van der Waals surface area contributed by atoms with Crippen molar-refractivity contribution in [3.8, 4) is 0 Å². The lowest BCUT2D eigenvalue weighted by atomic mass is 10.1. The number of fused-ring (bicyclic) bond motifs is 1. The molecule has 1 aliphatic rings. The molecule has 1 amide bonds. The Morgan fingerprint density at radius 3 is 2.61 bits per heavy atom. The number of likely N-dealkylation sites (tertiary alicyclic amines) is 1. The van der Waals surface area contributed by atoms with Gasteiger partial charge in [0, 0.05) is 41.1 Å². The first-order valence-electron chi connectivity index (χ1n) is 9.12. The monoisotopic (exact) mass is 416 g/mol. The van der Waals surface area contributed by atoms with Crippen LogP contribution in [0.15, 0.2) is 36.5 Å². The fraction of sp³-hybridized carbons (Fsp3) is 0.286. The molecule has 1 aromatic carbocycles. The van der Waals surface area contributed by atoms with Gasteiger partial charge in [0.1, 0.15) is 0 Å². The third kappa shape index (κ3) is 3.91. The maximum atomic E-state index is 13.1. The molecule has 0 saturated carbocycles. The summed E-state index contributed by atoms with van der Waals surface area (Å²) in [7, 11) is 0. The number of benzene rings is 1. The third-order valence-corrected chi connectivity index (χ3v) is 5.18. The van der Waals surface area contributed by atoms with E-state index in [1.54, 1.807) is 6.20 Å². The second kappa shape index (κ2) is 8.33. The van der Waals surface area contributed by atoms with Gasteiger partial charge in [-0.3, -0.25) is 4.79 Å². The number of rotatable bonds is 3. The Hall–Kier alpha value is -2.37. The molecule has 0 unspecified atom stereocenters. The average molecular weight is 417 g/mol. The van der Waals surface area contributed by atoms with E-state index in [9.17, 15) is 4.79 Å². The van der Waals surface area contributed by atoms with Crippen molar-refractivity contribution >= 4 is 52.3 Å². The van der Waals surface area contributed by atoms with Crippen LogP contribution in [0.5, 0.6) is 0 Å². The van der Waals surface area contributed by atoms with E-state index >= 15 is 0 Å². The van der Waals surface area contributed by atoms with Crippen LogP contribution in [0.4, 0.5) is 11.4 Å². The van der Waals surface area contributed by atoms with E-state index in [1.165, 1.54) is 0 Å². The number of carbonyl (C=O) groups excluding carboxylic acids is 1. The van der Waals surface area contributed by atoms with Gasteiger partial charge in [-0.1, -0.05) is 11.6 Å². The van der Waals surface area contributed by atoms with Crippen molar-refractivity contribution < 1.29 is 4.79 Å². The first kappa shape index (κ1) is 20.4. The molecule has 2 aromatic heterocycles. The number of pyridine rings is 2. The van der Waals surface area contributed by atoms with Crippen LogP contribution in [-0.2, 0) is 0 Å². The van der Waals surface area contributed by atoms with Crippen LogP contribution in [0.3, 0.4) is 0 Å². The first-order chi connectivity index (χ1) is 13.0. The van der Waals surface area contributed by atoms with Crippen LogP contribution < -0.4 is 5.32 Å². The number of anilines is 2. The van der Waals surface area contributed by atoms with Crippen molar-refractivity contribution in [1.82, 2.24) is 14.9 Å². The second-order valence-electron chi connectivity index (χ2n) is 6.95. The van der Waals surface area contributed by atoms with E-state index in [1.807, 2.05) is 49.1 Å². The van der Waals surface area contributed by atoms with Crippen molar-refractivity contribution in [2.45, 2.75) is 26.7 Å². The number of halogens is 2. The molecule has 0 atom stereocenters. The zero-order chi connectivity index (χ0) is 19.0. The summed E-state index contributed by atoms with van der Waals surface area (Å²) in [4.78, 5) is 24.0. The van der Waals surface area contributed by atoms with Gasteiger partial charge in [-0.05, 0) is 62.6 Å². The summed E-state index contributed by atoms with van der Waals surface area (Å²) in [5.41, 5.74) is 4.75. The molecular formula is C21H22Cl2N4O. The maximum absolute atomic E-state index is 13.1. The predicted octanol–water partition coefficient (Wildman–Crippen LogP) is 5.30. The van der Waals surface area contributed by atoms with E-state index in [0.717, 1.165) is 53.9 Å². The van der Waals surface area contributed by atoms with Crippen LogP contribution in [0.1, 0.15) is 34.5 Å². The van der Waals surface area contributed by atoms with Gasteiger partial charge in [0.25, 0.3) is 5.91 Å². The molecular weight excluding hydrogens is 395 g/mol. The maximum Gasteiger partial charge on any atom is 0.257 e. The Morgan fingerprint density at radius 2 is 1.89 bits per heavy atom. The molecule has 5 nitrogen and oxygen atoms in total. The topological polar surface area (TPSA) is 58.1 Å². The number of nitrogens with zero attached hydrogens (tertiary/aromatic N) is 3. The highest BCUT2D eigenvalue weighted by Crippen LogP contribution is 2.32. The standard InChI is InChI=1S/C21H21ClN4O.ClH/c1-13-11-15(22)6-8-18(13)25-19-16-7-5-14(2)24-20(16)23-12-17(19)21(27)26-9-3-4-10-26;/h5-8,11-12H,3-4,9-10H2,1-2H3,(H,23,24,25);1H. The smallest absolute Gasteiger partial charge is 0.257 e. The summed E-state index contributed by atoms with van der Waals surface area (Å²) in [6.07, 6.45) is 3.74. The number of aryl methyl sites for hydroxylation is 2. The Bertz CT molecular complexity index is 1030. The molecule has 3 aromatic rings. The molecule has 3 heterocycles. The third-order valence-electron chi connectivity index (χ3n) is 4.94. The van der Waals surface area contributed by atoms with Gasteiger partial charge >= 0.3 is 0 Å². The highest BCUT2D eigenvalue weighted by molar-refractivity contribution is 6.30. The Kier molecular flexibility index (Phi) is 6.06. The van der Waals surface area contributed by atoms with Crippen molar-refractivity contribution in [2.75, 3.05) is 18.4 Å². The van der Waals surface area contributed by atoms with Gasteiger partial charge in [0.15, 0.2) is 5.65 Å². The lowest BCUT2D eigenvalue weighted by Gasteiger charge is -2.20. The van der Waals surface area contributed by atoms with Crippen LogP contribution in [-0.4, -0.2) is 33.9 Å². The summed E-state index contributed by atoms with van der Waals surface area (Å²) in [6, 6.07) is 9.57. The molecule has 7 heteroatoms. The number of carbonyl (C=O) groups is 1. The lowest BCUT2D eigenvalue weighted by molar-refractivity contribution is 0.0793. The number of hydrogen-bond acceptors (Lipinski definition) is 4. The molecule has 0 radical (unpaired) electrons. The van der Waals surface area contributed by atoms with Gasteiger partial charge in [0.2, 0.25) is 0 Å². The predicted molar refractivity (Wildman–Crippen MR) is 116 cm³/mol. The zero-order valence-electron chi connectivity index (χ0n) is 15.8. The van der Waals surface area contributed by atoms with Gasteiger partial charge < -0.3 is 10.2 Å². The Balaban J connectivity index is 0.00000225. The Labute approximate surface area is 175 Å². The molecule has 1 aliphatic heterocycles. The van der Waals surface area contributed by atoms with Crippen molar-refractivity contribution in [2.24, 2.45) is 0 Å². The van der Waals surface area contributed by atoms with E-state index in [0.29, 0.717) is 16.2 Å². The van der Waals surface area contributed by atoms with Crippen LogP contribution >= 0.6 is 24.0 Å². The molecule has 1 saturated heterocycles. The number of amides is 1. The number of nitrogens with one attached hydrogen (secondary N) is 1. The van der Waals surface area contributed by atoms with Crippen molar-refractivity contribution in [3.63, 3.8) is 0 Å². The number of hydrogen-bond donors (Lipinski definition) is 1. The SMILES string of the molecule is Cc1ccc2c(Nc3ccc(Cl)cc3C)c(C(=O)N3CCCC3)cnc2n1.Cl. The van der Waals surface area contributed by atoms with E-state index < -0.39 is 0 Å². The fourth-order valence-electron chi connectivity index (χ4n) is 3.46.